The van der Waals surface area contributed by atoms with Gasteiger partial charge in [-0.05, 0) is 30.4 Å². The molecule has 5 nitrogen and oxygen atoms in total. The van der Waals surface area contributed by atoms with Crippen LogP contribution in [0.3, 0.4) is 0 Å². The molecule has 0 aromatic carbocycles. The van der Waals surface area contributed by atoms with Crippen molar-refractivity contribution in [3.63, 3.8) is 0 Å². The predicted molar refractivity (Wildman–Crippen MR) is 74.8 cm³/mol. The Morgan fingerprint density at radius 2 is 2.21 bits per heavy atom. The average Bonchev–Trinajstić information content (AvgIpc) is 2.37. The van der Waals surface area contributed by atoms with Crippen LogP contribution in [0.2, 0.25) is 0 Å². The molecule has 0 aliphatic rings. The smallest absolute Gasteiger partial charge is 0.314 e. The SMILES string of the molecule is CC(C)CC(O)CNC(=O)NCCc1cccnc1. The third-order valence-corrected chi connectivity index (χ3v) is 2.66. The number of aromatic nitrogens is 1. The summed E-state index contributed by atoms with van der Waals surface area (Å²) in [7, 11) is 0. The Morgan fingerprint density at radius 1 is 1.42 bits per heavy atom. The van der Waals surface area contributed by atoms with Gasteiger partial charge in [0.15, 0.2) is 0 Å². The second-order valence-electron chi connectivity index (χ2n) is 5.03. The summed E-state index contributed by atoms with van der Waals surface area (Å²) < 4.78 is 0. The average molecular weight is 265 g/mol. The van der Waals surface area contributed by atoms with Crippen LogP contribution in [0, 0.1) is 5.92 Å². The first kappa shape index (κ1) is 15.4. The number of pyridine rings is 1. The summed E-state index contributed by atoms with van der Waals surface area (Å²) in [4.78, 5) is 15.5. The number of amides is 2. The fraction of sp³-hybridized carbons (Fsp3) is 0.571. The molecule has 0 saturated carbocycles. The molecule has 0 aliphatic carbocycles. The fourth-order valence-electron chi connectivity index (χ4n) is 1.77. The van der Waals surface area contributed by atoms with Gasteiger partial charge in [-0.2, -0.15) is 0 Å². The minimum Gasteiger partial charge on any atom is -0.391 e. The third-order valence-electron chi connectivity index (χ3n) is 2.66. The molecule has 0 bridgehead atoms. The van der Waals surface area contributed by atoms with Crippen molar-refractivity contribution in [2.24, 2.45) is 5.92 Å². The molecule has 3 N–H and O–H groups in total. The monoisotopic (exact) mass is 265 g/mol. The number of nitrogens with one attached hydrogen (secondary N) is 2. The van der Waals surface area contributed by atoms with Gasteiger partial charge in [0.05, 0.1) is 6.10 Å². The number of nitrogens with zero attached hydrogens (tertiary/aromatic N) is 1. The summed E-state index contributed by atoms with van der Waals surface area (Å²) in [6.07, 6.45) is 4.46. The van der Waals surface area contributed by atoms with E-state index in [1.807, 2.05) is 26.0 Å². The summed E-state index contributed by atoms with van der Waals surface area (Å²) in [5, 5.41) is 15.0. The highest BCUT2D eigenvalue weighted by atomic mass is 16.3. The zero-order valence-corrected chi connectivity index (χ0v) is 11.6. The Morgan fingerprint density at radius 3 is 2.84 bits per heavy atom. The van der Waals surface area contributed by atoms with E-state index in [1.165, 1.54) is 0 Å². The molecule has 1 atom stereocenters. The number of rotatable bonds is 7. The molecule has 1 aromatic rings. The van der Waals surface area contributed by atoms with Crippen molar-refractivity contribution in [2.45, 2.75) is 32.8 Å². The number of carbonyl (C=O) groups is 1. The standard InChI is InChI=1S/C14H23N3O2/c1-11(2)8-13(18)10-17-14(19)16-7-5-12-4-3-6-15-9-12/h3-4,6,9,11,13,18H,5,7-8,10H2,1-2H3,(H2,16,17,19). The molecule has 2 amide bonds. The molecular weight excluding hydrogens is 242 g/mol. The molecule has 0 radical (unpaired) electrons. The summed E-state index contributed by atoms with van der Waals surface area (Å²) in [5.41, 5.74) is 1.09. The van der Waals surface area contributed by atoms with E-state index in [-0.39, 0.29) is 12.6 Å². The zero-order valence-electron chi connectivity index (χ0n) is 11.6. The summed E-state index contributed by atoms with van der Waals surface area (Å²) >= 11 is 0. The summed E-state index contributed by atoms with van der Waals surface area (Å²) in [5.74, 6) is 0.422. The van der Waals surface area contributed by atoms with Crippen LogP contribution in [0.1, 0.15) is 25.8 Å². The van der Waals surface area contributed by atoms with E-state index < -0.39 is 6.10 Å². The second-order valence-corrected chi connectivity index (χ2v) is 5.03. The molecule has 1 aromatic heterocycles. The lowest BCUT2D eigenvalue weighted by atomic mass is 10.1. The Bertz CT molecular complexity index is 368. The van der Waals surface area contributed by atoms with E-state index in [0.29, 0.717) is 18.9 Å². The van der Waals surface area contributed by atoms with Gasteiger partial charge in [-0.25, -0.2) is 4.79 Å². The van der Waals surface area contributed by atoms with Gasteiger partial charge in [-0.1, -0.05) is 19.9 Å². The van der Waals surface area contributed by atoms with Gasteiger partial charge in [0.25, 0.3) is 0 Å². The van der Waals surface area contributed by atoms with Crippen LogP contribution in [0.15, 0.2) is 24.5 Å². The highest BCUT2D eigenvalue weighted by Gasteiger charge is 2.08. The van der Waals surface area contributed by atoms with E-state index in [4.69, 9.17) is 0 Å². The first-order chi connectivity index (χ1) is 9.08. The van der Waals surface area contributed by atoms with Gasteiger partial charge in [-0.15, -0.1) is 0 Å². The topological polar surface area (TPSA) is 74.2 Å². The molecule has 5 heteroatoms. The summed E-state index contributed by atoms with van der Waals surface area (Å²) in [6, 6.07) is 3.60. The fourth-order valence-corrected chi connectivity index (χ4v) is 1.77. The van der Waals surface area contributed by atoms with Crippen LogP contribution in [0.5, 0.6) is 0 Å². The van der Waals surface area contributed by atoms with Gasteiger partial charge in [-0.3, -0.25) is 4.98 Å². The highest BCUT2D eigenvalue weighted by molar-refractivity contribution is 5.73. The van der Waals surface area contributed by atoms with Crippen LogP contribution < -0.4 is 10.6 Å². The Labute approximate surface area is 114 Å². The zero-order chi connectivity index (χ0) is 14.1. The molecule has 0 fully saturated rings. The van der Waals surface area contributed by atoms with E-state index in [9.17, 15) is 9.90 Å². The van der Waals surface area contributed by atoms with Crippen LogP contribution in [-0.4, -0.2) is 35.3 Å². The number of aliphatic hydroxyl groups excluding tert-OH is 1. The third kappa shape index (κ3) is 7.41. The van der Waals surface area contributed by atoms with Crippen molar-refractivity contribution in [3.8, 4) is 0 Å². The van der Waals surface area contributed by atoms with Gasteiger partial charge in [0.2, 0.25) is 0 Å². The molecule has 0 aliphatic heterocycles. The molecule has 1 unspecified atom stereocenters. The molecule has 106 valence electrons. The van der Waals surface area contributed by atoms with Gasteiger partial charge < -0.3 is 15.7 Å². The van der Waals surface area contributed by atoms with Crippen LogP contribution in [0.25, 0.3) is 0 Å². The molecule has 0 saturated heterocycles. The van der Waals surface area contributed by atoms with Crippen molar-refractivity contribution in [3.05, 3.63) is 30.1 Å². The number of carbonyl (C=O) groups excluding carboxylic acids is 1. The number of aliphatic hydroxyl groups is 1. The minimum atomic E-state index is -0.482. The van der Waals surface area contributed by atoms with Gasteiger partial charge in [0, 0.05) is 25.5 Å². The van der Waals surface area contributed by atoms with Crippen molar-refractivity contribution in [1.29, 1.82) is 0 Å². The minimum absolute atomic E-state index is 0.244. The van der Waals surface area contributed by atoms with Crippen molar-refractivity contribution in [2.75, 3.05) is 13.1 Å². The van der Waals surface area contributed by atoms with Crippen molar-refractivity contribution in [1.82, 2.24) is 15.6 Å². The Kier molecular flexibility index (Phi) is 6.89. The van der Waals surface area contributed by atoms with Crippen LogP contribution in [0.4, 0.5) is 4.79 Å². The van der Waals surface area contributed by atoms with Crippen LogP contribution in [-0.2, 0) is 6.42 Å². The van der Waals surface area contributed by atoms with E-state index in [0.717, 1.165) is 12.0 Å². The lowest BCUT2D eigenvalue weighted by Gasteiger charge is -2.14. The normalized spacial score (nSPS) is 12.2. The molecule has 0 spiro atoms. The largest absolute Gasteiger partial charge is 0.391 e. The lowest BCUT2D eigenvalue weighted by Crippen LogP contribution is -2.40. The number of urea groups is 1. The van der Waals surface area contributed by atoms with E-state index in [2.05, 4.69) is 15.6 Å². The predicted octanol–water partition coefficient (Wildman–Crippen LogP) is 1.33. The first-order valence-electron chi connectivity index (χ1n) is 6.66. The number of hydrogen-bond acceptors (Lipinski definition) is 3. The number of hydrogen-bond donors (Lipinski definition) is 3. The van der Waals surface area contributed by atoms with E-state index >= 15 is 0 Å². The van der Waals surface area contributed by atoms with Gasteiger partial charge >= 0.3 is 6.03 Å². The Hall–Kier alpha value is -1.62. The molecule has 1 rings (SSSR count). The molecule has 19 heavy (non-hydrogen) atoms. The van der Waals surface area contributed by atoms with E-state index in [1.54, 1.807) is 12.4 Å². The highest BCUT2D eigenvalue weighted by Crippen LogP contribution is 2.03. The first-order valence-corrected chi connectivity index (χ1v) is 6.66. The maximum absolute atomic E-state index is 11.5. The lowest BCUT2D eigenvalue weighted by molar-refractivity contribution is 0.147. The Balaban J connectivity index is 2.11. The summed E-state index contributed by atoms with van der Waals surface area (Å²) in [6.45, 7) is 4.92. The van der Waals surface area contributed by atoms with Gasteiger partial charge in [0.1, 0.15) is 0 Å². The van der Waals surface area contributed by atoms with Crippen LogP contribution >= 0.6 is 0 Å². The van der Waals surface area contributed by atoms with Crippen molar-refractivity contribution < 1.29 is 9.90 Å². The molecular formula is C14H23N3O2. The maximum Gasteiger partial charge on any atom is 0.314 e. The quantitative estimate of drug-likeness (QED) is 0.696. The molecule has 1 heterocycles. The maximum atomic E-state index is 11.5. The second kappa shape index (κ2) is 8.48. The van der Waals surface area contributed by atoms with Crippen molar-refractivity contribution >= 4 is 6.03 Å².